The van der Waals surface area contributed by atoms with Gasteiger partial charge in [0.25, 0.3) is 0 Å². The van der Waals surface area contributed by atoms with E-state index < -0.39 is 0 Å². The Balaban J connectivity index is 2.44. The van der Waals surface area contributed by atoms with Crippen molar-refractivity contribution in [2.24, 2.45) is 0 Å². The molecule has 0 spiro atoms. The summed E-state index contributed by atoms with van der Waals surface area (Å²) < 4.78 is 11.0. The quantitative estimate of drug-likeness (QED) is 0.641. The summed E-state index contributed by atoms with van der Waals surface area (Å²) in [6, 6.07) is 8.15. The predicted molar refractivity (Wildman–Crippen MR) is 62.4 cm³/mol. The van der Waals surface area contributed by atoms with Crippen LogP contribution >= 0.6 is 0 Å². The Morgan fingerprint density at radius 3 is 2.60 bits per heavy atom. The van der Waals surface area contributed by atoms with Crippen LogP contribution in [0, 0.1) is 0 Å². The molecule has 0 aliphatic rings. The van der Waals surface area contributed by atoms with Crippen molar-refractivity contribution >= 4 is 0 Å². The van der Waals surface area contributed by atoms with Gasteiger partial charge in [0.2, 0.25) is 0 Å². The lowest BCUT2D eigenvalue weighted by molar-refractivity contribution is 0.137. The van der Waals surface area contributed by atoms with E-state index in [1.54, 1.807) is 0 Å². The van der Waals surface area contributed by atoms with Gasteiger partial charge in [-0.25, -0.2) is 0 Å². The molecule has 0 saturated carbocycles. The minimum absolute atomic E-state index is 0.715. The van der Waals surface area contributed by atoms with Gasteiger partial charge in [0.1, 0.15) is 5.75 Å². The summed E-state index contributed by atoms with van der Waals surface area (Å²) in [5, 5.41) is 0. The number of hydrogen-bond donors (Lipinski definition) is 0. The molecule has 0 unspecified atom stereocenters. The van der Waals surface area contributed by atoms with Crippen LogP contribution < -0.4 is 4.74 Å². The highest BCUT2D eigenvalue weighted by atomic mass is 16.5. The maximum absolute atomic E-state index is 5.54. The van der Waals surface area contributed by atoms with E-state index in [0.717, 1.165) is 31.8 Å². The van der Waals surface area contributed by atoms with Crippen LogP contribution in [0.5, 0.6) is 5.75 Å². The van der Waals surface area contributed by atoms with Crippen molar-refractivity contribution in [1.82, 2.24) is 0 Å². The molecule has 0 N–H and O–H groups in total. The third-order valence-corrected chi connectivity index (χ3v) is 2.14. The van der Waals surface area contributed by atoms with E-state index in [1.165, 1.54) is 5.56 Å². The fraction of sp³-hybridized carbons (Fsp3) is 0.538. The Hall–Kier alpha value is -1.02. The van der Waals surface area contributed by atoms with Crippen LogP contribution in [0.15, 0.2) is 24.3 Å². The molecule has 0 atom stereocenters. The fourth-order valence-corrected chi connectivity index (χ4v) is 1.44. The molecule has 0 amide bonds. The maximum atomic E-state index is 5.54. The summed E-state index contributed by atoms with van der Waals surface area (Å²) >= 11 is 0. The summed E-state index contributed by atoms with van der Waals surface area (Å²) in [7, 11) is 0. The molecule has 0 aliphatic heterocycles. The molecule has 1 aromatic carbocycles. The first-order valence-electron chi connectivity index (χ1n) is 5.67. The zero-order chi connectivity index (χ0) is 10.9. The number of rotatable bonds is 7. The highest BCUT2D eigenvalue weighted by Gasteiger charge is 2.01. The van der Waals surface area contributed by atoms with Crippen LogP contribution in [-0.2, 0) is 11.2 Å². The standard InChI is InChI=1S/C13H20O2/c1-3-10-14-11-9-12-7-5-6-8-13(12)15-4-2/h5-8H,3-4,9-11H2,1-2H3. The van der Waals surface area contributed by atoms with Crippen molar-refractivity contribution in [2.45, 2.75) is 26.7 Å². The van der Waals surface area contributed by atoms with Gasteiger partial charge in [-0.2, -0.15) is 0 Å². The first kappa shape index (κ1) is 12.1. The summed E-state index contributed by atoms with van der Waals surface area (Å²) in [6.07, 6.45) is 2.00. The molecule has 0 heterocycles. The van der Waals surface area contributed by atoms with Crippen LogP contribution in [0.25, 0.3) is 0 Å². The molecule has 2 nitrogen and oxygen atoms in total. The van der Waals surface area contributed by atoms with Gasteiger partial charge in [-0.15, -0.1) is 0 Å². The average Bonchev–Trinajstić information content (AvgIpc) is 2.27. The van der Waals surface area contributed by atoms with Gasteiger partial charge >= 0.3 is 0 Å². The molecule has 0 aliphatic carbocycles. The van der Waals surface area contributed by atoms with Crippen molar-refractivity contribution in [3.8, 4) is 5.75 Å². The second kappa shape index (κ2) is 7.30. The van der Waals surface area contributed by atoms with Crippen molar-refractivity contribution in [3.63, 3.8) is 0 Å². The van der Waals surface area contributed by atoms with Gasteiger partial charge in [-0.1, -0.05) is 25.1 Å². The molecule has 15 heavy (non-hydrogen) atoms. The van der Waals surface area contributed by atoms with E-state index in [9.17, 15) is 0 Å². The van der Waals surface area contributed by atoms with Gasteiger partial charge in [0.05, 0.1) is 13.2 Å². The van der Waals surface area contributed by atoms with E-state index in [2.05, 4.69) is 13.0 Å². The average molecular weight is 208 g/mol. The monoisotopic (exact) mass is 208 g/mol. The molecule has 84 valence electrons. The van der Waals surface area contributed by atoms with Crippen molar-refractivity contribution < 1.29 is 9.47 Å². The van der Waals surface area contributed by atoms with Crippen LogP contribution in [0.1, 0.15) is 25.8 Å². The zero-order valence-corrected chi connectivity index (χ0v) is 9.66. The maximum Gasteiger partial charge on any atom is 0.122 e. The molecule has 0 fully saturated rings. The Labute approximate surface area is 92.2 Å². The SMILES string of the molecule is CCCOCCc1ccccc1OCC. The van der Waals surface area contributed by atoms with Crippen LogP contribution in [0.4, 0.5) is 0 Å². The fourth-order valence-electron chi connectivity index (χ4n) is 1.44. The Bertz CT molecular complexity index is 271. The lowest BCUT2D eigenvalue weighted by atomic mass is 10.1. The Morgan fingerprint density at radius 2 is 1.87 bits per heavy atom. The van der Waals surface area contributed by atoms with Gasteiger partial charge < -0.3 is 9.47 Å². The summed E-state index contributed by atoms with van der Waals surface area (Å²) in [6.45, 7) is 6.46. The van der Waals surface area contributed by atoms with Gasteiger partial charge in [0.15, 0.2) is 0 Å². The van der Waals surface area contributed by atoms with Crippen molar-refractivity contribution in [3.05, 3.63) is 29.8 Å². The molecular formula is C13H20O2. The van der Waals surface area contributed by atoms with Gasteiger partial charge in [-0.3, -0.25) is 0 Å². The summed E-state index contributed by atoms with van der Waals surface area (Å²) in [5.74, 6) is 0.986. The number of para-hydroxylation sites is 1. The predicted octanol–water partition coefficient (Wildman–Crippen LogP) is 3.05. The van der Waals surface area contributed by atoms with E-state index in [1.807, 2.05) is 25.1 Å². The highest BCUT2D eigenvalue weighted by Crippen LogP contribution is 2.18. The summed E-state index contributed by atoms with van der Waals surface area (Å²) in [4.78, 5) is 0. The second-order valence-electron chi connectivity index (χ2n) is 3.40. The summed E-state index contributed by atoms with van der Waals surface area (Å²) in [5.41, 5.74) is 1.23. The van der Waals surface area contributed by atoms with E-state index in [-0.39, 0.29) is 0 Å². The first-order chi connectivity index (χ1) is 7.38. The van der Waals surface area contributed by atoms with Crippen molar-refractivity contribution in [2.75, 3.05) is 19.8 Å². The van der Waals surface area contributed by atoms with E-state index in [4.69, 9.17) is 9.47 Å². The molecule has 0 saturated heterocycles. The molecular weight excluding hydrogens is 188 g/mol. The lowest BCUT2D eigenvalue weighted by Gasteiger charge is -2.09. The van der Waals surface area contributed by atoms with E-state index >= 15 is 0 Å². The Kier molecular flexibility index (Phi) is 5.86. The second-order valence-corrected chi connectivity index (χ2v) is 3.40. The van der Waals surface area contributed by atoms with Crippen LogP contribution in [0.3, 0.4) is 0 Å². The molecule has 1 aromatic rings. The third-order valence-electron chi connectivity index (χ3n) is 2.14. The van der Waals surface area contributed by atoms with Gasteiger partial charge in [0, 0.05) is 6.61 Å². The van der Waals surface area contributed by atoms with E-state index in [0.29, 0.717) is 6.61 Å². The van der Waals surface area contributed by atoms with Crippen LogP contribution in [0.2, 0.25) is 0 Å². The molecule has 0 radical (unpaired) electrons. The first-order valence-corrected chi connectivity index (χ1v) is 5.67. The van der Waals surface area contributed by atoms with Gasteiger partial charge in [-0.05, 0) is 31.4 Å². The zero-order valence-electron chi connectivity index (χ0n) is 9.66. The number of ether oxygens (including phenoxy) is 2. The number of hydrogen-bond acceptors (Lipinski definition) is 2. The largest absolute Gasteiger partial charge is 0.494 e. The molecule has 0 bridgehead atoms. The molecule has 2 heteroatoms. The third kappa shape index (κ3) is 4.34. The normalized spacial score (nSPS) is 10.3. The number of benzene rings is 1. The minimum Gasteiger partial charge on any atom is -0.494 e. The smallest absolute Gasteiger partial charge is 0.122 e. The topological polar surface area (TPSA) is 18.5 Å². The lowest BCUT2D eigenvalue weighted by Crippen LogP contribution is -2.02. The molecule has 1 rings (SSSR count). The Morgan fingerprint density at radius 1 is 1.07 bits per heavy atom. The minimum atomic E-state index is 0.715. The highest BCUT2D eigenvalue weighted by molar-refractivity contribution is 5.33. The van der Waals surface area contributed by atoms with Crippen LogP contribution in [-0.4, -0.2) is 19.8 Å². The molecule has 0 aromatic heterocycles. The van der Waals surface area contributed by atoms with Crippen molar-refractivity contribution in [1.29, 1.82) is 0 Å².